The number of ether oxygens (including phenoxy) is 2. The normalized spacial score (nSPS) is 15.0. The summed E-state index contributed by atoms with van der Waals surface area (Å²) in [5.74, 6) is 0.660. The van der Waals surface area contributed by atoms with Crippen molar-refractivity contribution in [3.63, 3.8) is 0 Å². The summed E-state index contributed by atoms with van der Waals surface area (Å²) < 4.78 is 12.3. The van der Waals surface area contributed by atoms with Crippen molar-refractivity contribution in [2.45, 2.75) is 32.3 Å². The average Bonchev–Trinajstić information content (AvgIpc) is 3.40. The fourth-order valence-corrected chi connectivity index (χ4v) is 4.96. The number of benzene rings is 2. The minimum atomic E-state index is -0.935. The first-order valence-corrected chi connectivity index (χ1v) is 13.2. The molecule has 0 saturated carbocycles. The molecule has 1 fully saturated rings. The van der Waals surface area contributed by atoms with E-state index >= 15 is 0 Å². The van der Waals surface area contributed by atoms with Gasteiger partial charge in [0.2, 0.25) is 5.91 Å². The van der Waals surface area contributed by atoms with Crippen LogP contribution < -0.4 is 4.74 Å². The second-order valence-corrected chi connectivity index (χ2v) is 9.73. The fraction of sp³-hybridized carbons (Fsp3) is 0.333. The van der Waals surface area contributed by atoms with E-state index in [1.807, 2.05) is 52.1 Å². The average molecular weight is 537 g/mol. The molecule has 2 aromatic carbocycles. The van der Waals surface area contributed by atoms with Gasteiger partial charge in [-0.15, -0.1) is 0 Å². The van der Waals surface area contributed by atoms with Crippen LogP contribution in [-0.2, 0) is 14.3 Å². The second kappa shape index (κ2) is 12.8. The summed E-state index contributed by atoms with van der Waals surface area (Å²) in [7, 11) is 1.59. The van der Waals surface area contributed by atoms with Crippen molar-refractivity contribution in [1.82, 2.24) is 9.47 Å². The van der Waals surface area contributed by atoms with Crippen LogP contribution in [0.1, 0.15) is 49.1 Å². The van der Waals surface area contributed by atoms with Gasteiger partial charge in [0.25, 0.3) is 0 Å². The predicted molar refractivity (Wildman–Crippen MR) is 147 cm³/mol. The maximum atomic E-state index is 12.9. The molecule has 2 heterocycles. The zero-order valence-corrected chi connectivity index (χ0v) is 22.4. The molecule has 38 heavy (non-hydrogen) atoms. The smallest absolute Gasteiger partial charge is 0.306 e. The molecule has 1 aliphatic heterocycles. The summed E-state index contributed by atoms with van der Waals surface area (Å²) in [6, 6.07) is 16.5. The Bertz CT molecular complexity index is 1290. The minimum Gasteiger partial charge on any atom is -0.497 e. The van der Waals surface area contributed by atoms with Crippen LogP contribution >= 0.6 is 11.6 Å². The lowest BCUT2D eigenvalue weighted by Crippen LogP contribution is -2.38. The number of carbonyl (C=O) groups excluding carboxylic acids is 2. The number of aliphatic hydroxyl groups is 1. The summed E-state index contributed by atoms with van der Waals surface area (Å²) >= 11 is 6.32. The first-order chi connectivity index (χ1) is 18.4. The minimum absolute atomic E-state index is 0.0694. The van der Waals surface area contributed by atoms with E-state index in [2.05, 4.69) is 0 Å². The van der Waals surface area contributed by atoms with Gasteiger partial charge in [-0.2, -0.15) is 0 Å². The van der Waals surface area contributed by atoms with Gasteiger partial charge in [-0.3, -0.25) is 9.59 Å². The number of hydrogen-bond donors (Lipinski definition) is 1. The molecule has 7 nitrogen and oxygen atoms in total. The molecule has 0 radical (unpaired) electrons. The highest BCUT2D eigenvalue weighted by molar-refractivity contribution is 6.30. The highest BCUT2D eigenvalue weighted by Crippen LogP contribution is 2.32. The van der Waals surface area contributed by atoms with E-state index in [0.717, 1.165) is 24.2 Å². The molecule has 1 saturated heterocycles. The van der Waals surface area contributed by atoms with E-state index < -0.39 is 6.10 Å². The van der Waals surface area contributed by atoms with Crippen molar-refractivity contribution in [2.24, 2.45) is 5.92 Å². The Morgan fingerprint density at radius 2 is 1.92 bits per heavy atom. The van der Waals surface area contributed by atoms with Gasteiger partial charge >= 0.3 is 5.97 Å². The van der Waals surface area contributed by atoms with E-state index in [1.165, 1.54) is 0 Å². The summed E-state index contributed by atoms with van der Waals surface area (Å²) in [6.45, 7) is 3.42. The molecule has 0 bridgehead atoms. The first-order valence-electron chi connectivity index (χ1n) is 12.8. The molecule has 1 atom stereocenters. The number of halogens is 1. The van der Waals surface area contributed by atoms with E-state index in [1.54, 1.807) is 44.4 Å². The van der Waals surface area contributed by atoms with E-state index in [0.29, 0.717) is 48.0 Å². The topological polar surface area (TPSA) is 81.0 Å². The predicted octanol–water partition coefficient (Wildman–Crippen LogP) is 5.43. The molecule has 200 valence electrons. The summed E-state index contributed by atoms with van der Waals surface area (Å²) in [6.07, 6.45) is 6.28. The summed E-state index contributed by atoms with van der Waals surface area (Å²) in [5.41, 5.74) is 2.85. The highest BCUT2D eigenvalue weighted by atomic mass is 35.5. The van der Waals surface area contributed by atoms with Gasteiger partial charge < -0.3 is 24.0 Å². The number of likely N-dealkylation sites (tertiary alicyclic amines) is 1. The zero-order valence-electron chi connectivity index (χ0n) is 21.7. The van der Waals surface area contributed by atoms with Crippen LogP contribution in [0.5, 0.6) is 5.75 Å². The first kappa shape index (κ1) is 27.5. The van der Waals surface area contributed by atoms with Crippen LogP contribution in [-0.4, -0.2) is 53.3 Å². The van der Waals surface area contributed by atoms with Gasteiger partial charge in [-0.05, 0) is 79.8 Å². The van der Waals surface area contributed by atoms with E-state index in [-0.39, 0.29) is 17.8 Å². The SMILES string of the molecule is CCOC(=O)CC1CCN(C(=O)/C=C/c2cccn2-c2ccc(Cl)cc2C(O)c2cccc(OC)c2)CC1. The number of amides is 1. The van der Waals surface area contributed by atoms with E-state index in [4.69, 9.17) is 21.1 Å². The third kappa shape index (κ3) is 6.65. The highest BCUT2D eigenvalue weighted by Gasteiger charge is 2.24. The lowest BCUT2D eigenvalue weighted by atomic mass is 9.93. The fourth-order valence-electron chi connectivity index (χ4n) is 4.78. The Morgan fingerprint density at radius 3 is 2.66 bits per heavy atom. The molecule has 1 unspecified atom stereocenters. The van der Waals surface area contributed by atoms with Crippen molar-refractivity contribution in [2.75, 3.05) is 26.8 Å². The van der Waals surface area contributed by atoms with Crippen LogP contribution in [0.25, 0.3) is 11.8 Å². The van der Waals surface area contributed by atoms with Crippen molar-refractivity contribution < 1.29 is 24.2 Å². The lowest BCUT2D eigenvalue weighted by Gasteiger charge is -2.30. The molecule has 0 spiro atoms. The Hall–Kier alpha value is -3.55. The number of carbonyl (C=O) groups is 2. The third-order valence-electron chi connectivity index (χ3n) is 6.82. The quantitative estimate of drug-likeness (QED) is 0.291. The number of aliphatic hydroxyl groups excluding tert-OH is 1. The molecule has 3 aromatic rings. The van der Waals surface area contributed by atoms with Crippen LogP contribution in [0.15, 0.2) is 66.9 Å². The van der Waals surface area contributed by atoms with Crippen molar-refractivity contribution in [3.05, 3.63) is 88.7 Å². The Balaban J connectivity index is 1.49. The summed E-state index contributed by atoms with van der Waals surface area (Å²) in [5, 5.41) is 11.8. The summed E-state index contributed by atoms with van der Waals surface area (Å²) in [4.78, 5) is 26.5. The number of aromatic nitrogens is 1. The number of methoxy groups -OCH3 is 1. The van der Waals surface area contributed by atoms with E-state index in [9.17, 15) is 14.7 Å². The lowest BCUT2D eigenvalue weighted by molar-refractivity contribution is -0.144. The monoisotopic (exact) mass is 536 g/mol. The number of piperidine rings is 1. The molecule has 1 amide bonds. The Morgan fingerprint density at radius 1 is 1.13 bits per heavy atom. The molecule has 1 aromatic heterocycles. The molecular formula is C30H33ClN2O5. The maximum absolute atomic E-state index is 12.9. The van der Waals surface area contributed by atoms with Gasteiger partial charge in [0.05, 0.1) is 19.4 Å². The number of nitrogens with zero attached hydrogens (tertiary/aromatic N) is 2. The number of rotatable bonds is 9. The van der Waals surface area contributed by atoms with Crippen LogP contribution in [0.2, 0.25) is 5.02 Å². The molecule has 1 N–H and O–H groups in total. The van der Waals surface area contributed by atoms with Crippen LogP contribution in [0.3, 0.4) is 0 Å². The van der Waals surface area contributed by atoms with Crippen LogP contribution in [0.4, 0.5) is 0 Å². The Kier molecular flexibility index (Phi) is 9.26. The molecule has 4 rings (SSSR count). The van der Waals surface area contributed by atoms with Crippen molar-refractivity contribution in [3.8, 4) is 11.4 Å². The van der Waals surface area contributed by atoms with Gasteiger partial charge in [0.15, 0.2) is 0 Å². The number of hydrogen-bond acceptors (Lipinski definition) is 5. The van der Waals surface area contributed by atoms with Gasteiger partial charge in [0.1, 0.15) is 11.9 Å². The molecule has 1 aliphatic rings. The molecule has 0 aliphatic carbocycles. The van der Waals surface area contributed by atoms with Crippen LogP contribution in [0, 0.1) is 5.92 Å². The van der Waals surface area contributed by atoms with Gasteiger partial charge in [-0.1, -0.05) is 23.7 Å². The second-order valence-electron chi connectivity index (χ2n) is 9.30. The zero-order chi connectivity index (χ0) is 27.1. The number of esters is 1. The maximum Gasteiger partial charge on any atom is 0.306 e. The van der Waals surface area contributed by atoms with Crippen molar-refractivity contribution in [1.29, 1.82) is 0 Å². The molecule has 8 heteroatoms. The molecular weight excluding hydrogens is 504 g/mol. The largest absolute Gasteiger partial charge is 0.497 e. The Labute approximate surface area is 228 Å². The third-order valence-corrected chi connectivity index (χ3v) is 7.05. The standard InChI is InChI=1S/C30H33ClN2O5/c1-3-38-29(35)18-21-13-16-32(17-14-21)28(34)12-10-24-7-5-15-33(24)27-11-9-23(31)20-26(27)30(36)22-6-4-8-25(19-22)37-2/h4-12,15,19-21,30,36H,3,13-14,16-18H2,1-2H3/b12-10+. The van der Waals surface area contributed by atoms with Gasteiger partial charge in [-0.25, -0.2) is 0 Å². The van der Waals surface area contributed by atoms with Gasteiger partial charge in [0, 0.05) is 48.1 Å². The van der Waals surface area contributed by atoms with Crippen molar-refractivity contribution >= 4 is 29.6 Å².